The maximum absolute atomic E-state index is 12.5. The van der Waals surface area contributed by atoms with Crippen molar-refractivity contribution in [1.29, 1.82) is 0 Å². The fraction of sp³-hybridized carbons (Fsp3) is 0.529. The zero-order valence-corrected chi connectivity index (χ0v) is 14.8. The molecule has 2 amide bonds. The van der Waals surface area contributed by atoms with Crippen molar-refractivity contribution in [3.8, 4) is 0 Å². The van der Waals surface area contributed by atoms with E-state index in [9.17, 15) is 18.0 Å². The number of imide groups is 1. The van der Waals surface area contributed by atoms with E-state index in [4.69, 9.17) is 0 Å². The Morgan fingerprint density at radius 1 is 1.00 bits per heavy atom. The molecule has 0 bridgehead atoms. The number of carbonyl (C=O) groups excluding carboxylic acids is 2. The number of sulfonamides is 1. The predicted molar refractivity (Wildman–Crippen MR) is 90.2 cm³/mol. The van der Waals surface area contributed by atoms with Gasteiger partial charge in [0.2, 0.25) is 10.0 Å². The van der Waals surface area contributed by atoms with Gasteiger partial charge in [0.15, 0.2) is 0 Å². The number of fused-ring (bicyclic) bond motifs is 1. The number of carbonyl (C=O) groups is 2. The van der Waals surface area contributed by atoms with Crippen molar-refractivity contribution in [1.82, 2.24) is 9.21 Å². The van der Waals surface area contributed by atoms with Crippen LogP contribution in [0.1, 0.15) is 46.4 Å². The molecule has 0 N–H and O–H groups in total. The van der Waals surface area contributed by atoms with Crippen molar-refractivity contribution in [3.05, 3.63) is 35.4 Å². The Morgan fingerprint density at radius 3 is 1.96 bits per heavy atom. The summed E-state index contributed by atoms with van der Waals surface area (Å²) >= 11 is 0. The van der Waals surface area contributed by atoms with Gasteiger partial charge in [0.1, 0.15) is 0 Å². The van der Waals surface area contributed by atoms with Crippen molar-refractivity contribution < 1.29 is 18.0 Å². The van der Waals surface area contributed by atoms with E-state index in [0.717, 1.165) is 0 Å². The third-order valence-corrected chi connectivity index (χ3v) is 7.01. The molecule has 1 aliphatic heterocycles. The van der Waals surface area contributed by atoms with Gasteiger partial charge in [0.25, 0.3) is 11.8 Å². The highest BCUT2D eigenvalue weighted by molar-refractivity contribution is 7.89. The smallest absolute Gasteiger partial charge is 0.261 e. The van der Waals surface area contributed by atoms with Crippen LogP contribution >= 0.6 is 0 Å². The van der Waals surface area contributed by atoms with Crippen LogP contribution in [0.2, 0.25) is 0 Å². The van der Waals surface area contributed by atoms with Crippen LogP contribution < -0.4 is 0 Å². The summed E-state index contributed by atoms with van der Waals surface area (Å²) in [6.07, 6.45) is 2.76. The first kappa shape index (κ1) is 17.1. The highest BCUT2D eigenvalue weighted by Gasteiger charge is 2.41. The number of nitrogens with zero attached hydrogens (tertiary/aromatic N) is 2. The number of benzene rings is 1. The predicted octanol–water partition coefficient (Wildman–Crippen LogP) is 1.73. The van der Waals surface area contributed by atoms with Crippen LogP contribution in [0, 0.1) is 5.92 Å². The van der Waals surface area contributed by atoms with E-state index >= 15 is 0 Å². The van der Waals surface area contributed by atoms with Gasteiger partial charge < -0.3 is 0 Å². The minimum Gasteiger partial charge on any atom is -0.271 e. The average molecular weight is 350 g/mol. The Morgan fingerprint density at radius 2 is 1.50 bits per heavy atom. The molecule has 24 heavy (non-hydrogen) atoms. The van der Waals surface area contributed by atoms with Gasteiger partial charge in [-0.25, -0.2) is 12.7 Å². The summed E-state index contributed by atoms with van der Waals surface area (Å²) in [5, 5.41) is 0. The lowest BCUT2D eigenvalue weighted by atomic mass is 9.86. The molecule has 1 aromatic carbocycles. The van der Waals surface area contributed by atoms with Gasteiger partial charge in [-0.2, -0.15) is 0 Å². The minimum absolute atomic E-state index is 0.0869. The summed E-state index contributed by atoms with van der Waals surface area (Å²) in [5.74, 6) is -0.224. The van der Waals surface area contributed by atoms with Crippen LogP contribution in [0.15, 0.2) is 24.3 Å². The van der Waals surface area contributed by atoms with E-state index < -0.39 is 10.0 Å². The normalized spacial score (nSPS) is 24.5. The van der Waals surface area contributed by atoms with E-state index in [1.54, 1.807) is 38.4 Å². The first-order valence-corrected chi connectivity index (χ1v) is 9.79. The van der Waals surface area contributed by atoms with Crippen molar-refractivity contribution >= 4 is 21.8 Å². The van der Waals surface area contributed by atoms with Crippen LogP contribution in [0.5, 0.6) is 0 Å². The lowest BCUT2D eigenvalue weighted by molar-refractivity contribution is 0.0533. The van der Waals surface area contributed by atoms with Crippen LogP contribution in [-0.2, 0) is 10.0 Å². The average Bonchev–Trinajstić information content (AvgIpc) is 2.80. The summed E-state index contributed by atoms with van der Waals surface area (Å²) in [4.78, 5) is 26.4. The van der Waals surface area contributed by atoms with Gasteiger partial charge in [0, 0.05) is 20.1 Å². The third kappa shape index (κ3) is 2.98. The molecule has 130 valence electrons. The largest absolute Gasteiger partial charge is 0.271 e. The quantitative estimate of drug-likeness (QED) is 0.775. The van der Waals surface area contributed by atoms with E-state index in [0.29, 0.717) is 36.8 Å². The SMILES string of the molecule is CN(C)S(=O)(=O)C[C@H]1CC[C@H](N2C(=O)c3ccccc3C2=O)CC1. The third-order valence-electron chi connectivity index (χ3n) is 5.01. The molecule has 6 nitrogen and oxygen atoms in total. The van der Waals surface area contributed by atoms with Gasteiger partial charge in [-0.1, -0.05) is 12.1 Å². The number of hydrogen-bond donors (Lipinski definition) is 0. The summed E-state index contributed by atoms with van der Waals surface area (Å²) in [6, 6.07) is 6.76. The van der Waals surface area contributed by atoms with Crippen LogP contribution in [-0.4, -0.2) is 55.3 Å². The van der Waals surface area contributed by atoms with Crippen LogP contribution in [0.4, 0.5) is 0 Å². The van der Waals surface area contributed by atoms with Gasteiger partial charge in [0.05, 0.1) is 16.9 Å². The van der Waals surface area contributed by atoms with Crippen molar-refractivity contribution in [2.75, 3.05) is 19.8 Å². The molecular formula is C17H22N2O4S. The molecule has 0 aromatic heterocycles. The number of amides is 2. The fourth-order valence-electron chi connectivity index (χ4n) is 3.56. The monoisotopic (exact) mass is 350 g/mol. The lowest BCUT2D eigenvalue weighted by Crippen LogP contribution is -2.43. The van der Waals surface area contributed by atoms with Gasteiger partial charge >= 0.3 is 0 Å². The van der Waals surface area contributed by atoms with E-state index in [-0.39, 0.29) is 29.5 Å². The maximum Gasteiger partial charge on any atom is 0.261 e. The van der Waals surface area contributed by atoms with Gasteiger partial charge in [-0.15, -0.1) is 0 Å². The van der Waals surface area contributed by atoms with Crippen molar-refractivity contribution in [3.63, 3.8) is 0 Å². The Labute approximate surface area is 142 Å². The highest BCUT2D eigenvalue weighted by atomic mass is 32.2. The van der Waals surface area contributed by atoms with Crippen LogP contribution in [0.25, 0.3) is 0 Å². The maximum atomic E-state index is 12.5. The molecule has 1 aliphatic carbocycles. The number of hydrogen-bond acceptors (Lipinski definition) is 4. The van der Waals surface area contributed by atoms with Gasteiger partial charge in [-0.05, 0) is 43.7 Å². The molecule has 0 atom stereocenters. The molecule has 0 spiro atoms. The second-order valence-corrected chi connectivity index (χ2v) is 8.99. The molecule has 1 heterocycles. The van der Waals surface area contributed by atoms with Crippen LogP contribution in [0.3, 0.4) is 0 Å². The van der Waals surface area contributed by atoms with E-state index in [1.807, 2.05) is 0 Å². The summed E-state index contributed by atoms with van der Waals surface area (Å²) in [7, 11) is -0.131. The standard InChI is InChI=1S/C17H22N2O4S/c1-18(2)24(22,23)11-12-7-9-13(10-8-12)19-16(20)14-5-3-4-6-15(14)17(19)21/h3-6,12-13H,7-11H2,1-2H3/t12-,13-. The first-order chi connectivity index (χ1) is 11.3. The van der Waals surface area contributed by atoms with E-state index in [1.165, 1.54) is 9.21 Å². The second-order valence-electron chi connectivity index (χ2n) is 6.76. The number of rotatable bonds is 4. The zero-order valence-electron chi connectivity index (χ0n) is 13.9. The second kappa shape index (κ2) is 6.29. The molecular weight excluding hydrogens is 328 g/mol. The lowest BCUT2D eigenvalue weighted by Gasteiger charge is -2.33. The van der Waals surface area contributed by atoms with Gasteiger partial charge in [-0.3, -0.25) is 14.5 Å². The molecule has 7 heteroatoms. The Bertz CT molecular complexity index is 730. The Hall–Kier alpha value is -1.73. The molecule has 0 unspecified atom stereocenters. The van der Waals surface area contributed by atoms with Crippen molar-refractivity contribution in [2.45, 2.75) is 31.7 Å². The molecule has 1 aromatic rings. The molecule has 1 fully saturated rings. The van der Waals surface area contributed by atoms with E-state index in [2.05, 4.69) is 0 Å². The summed E-state index contributed by atoms with van der Waals surface area (Å²) < 4.78 is 25.2. The molecule has 3 rings (SSSR count). The van der Waals surface area contributed by atoms with Crippen molar-refractivity contribution in [2.24, 2.45) is 5.92 Å². The molecule has 2 aliphatic rings. The summed E-state index contributed by atoms with van der Waals surface area (Å²) in [6.45, 7) is 0. The Balaban J connectivity index is 1.66. The first-order valence-electron chi connectivity index (χ1n) is 8.18. The molecule has 0 saturated heterocycles. The molecule has 0 radical (unpaired) electrons. The fourth-order valence-corrected chi connectivity index (χ4v) is 4.78. The minimum atomic E-state index is -3.21. The summed E-state index contributed by atoms with van der Waals surface area (Å²) in [5.41, 5.74) is 0.944. The topological polar surface area (TPSA) is 74.8 Å². The highest BCUT2D eigenvalue weighted by Crippen LogP contribution is 2.33. The zero-order chi connectivity index (χ0) is 17.5. The Kier molecular flexibility index (Phi) is 4.48. The molecule has 1 saturated carbocycles.